The predicted octanol–water partition coefficient (Wildman–Crippen LogP) is 6.96. The lowest BCUT2D eigenvalue weighted by molar-refractivity contribution is -0.133. The second-order valence-corrected chi connectivity index (χ2v) is 12.9. The quantitative estimate of drug-likeness (QED) is 0.413. The Labute approximate surface area is 205 Å². The summed E-state index contributed by atoms with van der Waals surface area (Å²) in [5.41, 5.74) is 1.23. The Balaban J connectivity index is 0.000000142. The van der Waals surface area contributed by atoms with Crippen molar-refractivity contribution in [2.45, 2.75) is 90.9 Å². The maximum Gasteiger partial charge on any atom is 0.331 e. The van der Waals surface area contributed by atoms with Crippen LogP contribution in [0.3, 0.4) is 0 Å². The summed E-state index contributed by atoms with van der Waals surface area (Å²) in [7, 11) is 0. The summed E-state index contributed by atoms with van der Waals surface area (Å²) in [6.45, 7) is 3.81. The third-order valence-corrected chi connectivity index (χ3v) is 10.6. The van der Waals surface area contributed by atoms with Crippen LogP contribution in [0.4, 0.5) is 0 Å². The van der Waals surface area contributed by atoms with E-state index in [2.05, 4.69) is 19.1 Å². The van der Waals surface area contributed by atoms with E-state index in [9.17, 15) is 14.7 Å². The van der Waals surface area contributed by atoms with Crippen molar-refractivity contribution in [1.82, 2.24) is 0 Å². The van der Waals surface area contributed by atoms with Crippen molar-refractivity contribution in [3.8, 4) is 0 Å². The van der Waals surface area contributed by atoms with Crippen molar-refractivity contribution in [1.29, 1.82) is 0 Å². The molecular formula is C30H44O4. The van der Waals surface area contributed by atoms with Crippen molar-refractivity contribution in [2.24, 2.45) is 59.2 Å². The molecule has 8 rings (SSSR count). The van der Waals surface area contributed by atoms with Gasteiger partial charge in [0.1, 0.15) is 0 Å². The highest BCUT2D eigenvalue weighted by Crippen LogP contribution is 2.58. The molecule has 0 radical (unpaired) electrons. The minimum Gasteiger partial charge on any atom is -0.478 e. The summed E-state index contributed by atoms with van der Waals surface area (Å²) in [5.74, 6) is 6.79. The van der Waals surface area contributed by atoms with Gasteiger partial charge in [-0.25, -0.2) is 9.59 Å². The summed E-state index contributed by atoms with van der Waals surface area (Å²) in [4.78, 5) is 22.2. The molecule has 8 fully saturated rings. The average Bonchev–Trinajstić information content (AvgIpc) is 2.77. The molecule has 2 N–H and O–H groups in total. The van der Waals surface area contributed by atoms with E-state index in [-0.39, 0.29) is 0 Å². The number of aliphatic carboxylic acids is 2. The molecule has 4 heteroatoms. The van der Waals surface area contributed by atoms with Crippen molar-refractivity contribution < 1.29 is 19.8 Å². The number of allylic oxidation sites excluding steroid dienone is 2. The Kier molecular flexibility index (Phi) is 6.97. The first-order valence-corrected chi connectivity index (χ1v) is 14.2. The molecule has 0 heterocycles. The summed E-state index contributed by atoms with van der Waals surface area (Å²) in [6.07, 6.45) is 19.7. The van der Waals surface area contributed by atoms with Crippen LogP contribution in [0.15, 0.2) is 23.3 Å². The minimum atomic E-state index is -0.742. The summed E-state index contributed by atoms with van der Waals surface area (Å²) >= 11 is 0. The Morgan fingerprint density at radius 3 is 1.35 bits per heavy atom. The molecule has 0 saturated heterocycles. The lowest BCUT2D eigenvalue weighted by atomic mass is 9.51. The molecule has 0 aromatic rings. The second kappa shape index (κ2) is 9.82. The van der Waals surface area contributed by atoms with Crippen molar-refractivity contribution in [2.75, 3.05) is 0 Å². The largest absolute Gasteiger partial charge is 0.478 e. The van der Waals surface area contributed by atoms with E-state index >= 15 is 0 Å². The molecule has 0 amide bonds. The maximum absolute atomic E-state index is 11.3. The van der Waals surface area contributed by atoms with Gasteiger partial charge < -0.3 is 10.2 Å². The fourth-order valence-corrected chi connectivity index (χ4v) is 9.60. The number of carboxylic acid groups (broad SMARTS) is 2. The number of hydrogen-bond donors (Lipinski definition) is 2. The van der Waals surface area contributed by atoms with E-state index in [1.165, 1.54) is 64.2 Å². The third kappa shape index (κ3) is 4.88. The van der Waals surface area contributed by atoms with Gasteiger partial charge in [-0.15, -0.1) is 0 Å². The maximum atomic E-state index is 11.3. The van der Waals surface area contributed by atoms with Gasteiger partial charge in [0.2, 0.25) is 0 Å². The zero-order valence-electron chi connectivity index (χ0n) is 21.1. The smallest absolute Gasteiger partial charge is 0.331 e. The molecule has 188 valence electrons. The number of hydrogen-bond acceptors (Lipinski definition) is 2. The molecule has 0 unspecified atom stereocenters. The molecular weight excluding hydrogens is 424 g/mol. The van der Waals surface area contributed by atoms with Gasteiger partial charge in [-0.05, 0) is 137 Å². The van der Waals surface area contributed by atoms with Crippen molar-refractivity contribution in [3.05, 3.63) is 23.3 Å². The van der Waals surface area contributed by atoms with Crippen LogP contribution >= 0.6 is 0 Å². The Hall–Kier alpha value is -1.58. The molecule has 0 spiro atoms. The topological polar surface area (TPSA) is 74.6 Å². The Bertz CT molecular complexity index is 796. The molecule has 34 heavy (non-hydrogen) atoms. The molecule has 0 aromatic carbocycles. The molecule has 8 aliphatic carbocycles. The number of rotatable bonds is 6. The van der Waals surface area contributed by atoms with E-state index in [0.29, 0.717) is 23.0 Å². The van der Waals surface area contributed by atoms with Gasteiger partial charge in [-0.2, -0.15) is 0 Å². The second-order valence-electron chi connectivity index (χ2n) is 12.9. The number of carboxylic acids is 2. The van der Waals surface area contributed by atoms with Gasteiger partial charge in [0.15, 0.2) is 0 Å². The van der Waals surface area contributed by atoms with Gasteiger partial charge in [0, 0.05) is 11.1 Å². The van der Waals surface area contributed by atoms with E-state index in [1.54, 1.807) is 6.92 Å². The number of carbonyl (C=O) groups is 2. The Morgan fingerprint density at radius 2 is 1.03 bits per heavy atom. The van der Waals surface area contributed by atoms with Crippen LogP contribution in [-0.4, -0.2) is 22.2 Å². The van der Waals surface area contributed by atoms with Crippen LogP contribution in [0, 0.1) is 59.2 Å². The summed E-state index contributed by atoms with van der Waals surface area (Å²) in [6, 6.07) is 0. The molecule has 0 atom stereocenters. The monoisotopic (exact) mass is 468 g/mol. The molecule has 0 aromatic heterocycles. The van der Waals surface area contributed by atoms with Crippen LogP contribution in [-0.2, 0) is 9.59 Å². The van der Waals surface area contributed by atoms with E-state index in [0.717, 1.165) is 60.2 Å². The first-order chi connectivity index (χ1) is 16.3. The van der Waals surface area contributed by atoms with Crippen molar-refractivity contribution >= 4 is 11.9 Å². The zero-order chi connectivity index (χ0) is 24.0. The van der Waals surface area contributed by atoms with Crippen molar-refractivity contribution in [3.63, 3.8) is 0 Å². The summed E-state index contributed by atoms with van der Waals surface area (Å²) in [5, 5.41) is 18.3. The molecule has 8 bridgehead atoms. The van der Waals surface area contributed by atoms with Gasteiger partial charge in [-0.1, -0.05) is 25.5 Å². The molecule has 8 aliphatic rings. The molecule has 0 aliphatic heterocycles. The van der Waals surface area contributed by atoms with Crippen LogP contribution in [0.5, 0.6) is 0 Å². The fourth-order valence-electron chi connectivity index (χ4n) is 9.60. The van der Waals surface area contributed by atoms with E-state index in [1.807, 2.05) is 0 Å². The van der Waals surface area contributed by atoms with Gasteiger partial charge >= 0.3 is 11.9 Å². The first-order valence-electron chi connectivity index (χ1n) is 14.2. The highest BCUT2D eigenvalue weighted by Gasteiger charge is 2.48. The highest BCUT2D eigenvalue weighted by molar-refractivity contribution is 5.86. The van der Waals surface area contributed by atoms with Crippen LogP contribution in [0.1, 0.15) is 90.9 Å². The predicted molar refractivity (Wildman–Crippen MR) is 133 cm³/mol. The third-order valence-electron chi connectivity index (χ3n) is 10.6. The van der Waals surface area contributed by atoms with Gasteiger partial charge in [0.25, 0.3) is 0 Å². The minimum absolute atomic E-state index is 0.553. The van der Waals surface area contributed by atoms with Crippen LogP contribution in [0.25, 0.3) is 0 Å². The standard InChI is InChI=1S/C16H24O2.C14H20O2/c1-2-3-12(16(17)18)9-15-13-5-10-4-11(7-13)8-14(15)6-10;1-8(14(15)16)2-13-11-4-9-3-10(6-11)7-12(13)5-9/h9-11,13-15H,2-8H2,1H3,(H,17,18);2,9-13H,3-7H2,1H3,(H,15,16). The first kappa shape index (κ1) is 24.1. The normalized spacial score (nSPS) is 44.1. The Morgan fingerprint density at radius 1 is 0.647 bits per heavy atom. The van der Waals surface area contributed by atoms with Gasteiger partial charge in [-0.3, -0.25) is 0 Å². The zero-order valence-corrected chi connectivity index (χ0v) is 21.1. The van der Waals surface area contributed by atoms with E-state index < -0.39 is 11.9 Å². The summed E-state index contributed by atoms with van der Waals surface area (Å²) < 4.78 is 0. The highest BCUT2D eigenvalue weighted by atomic mass is 16.4. The molecule has 4 nitrogen and oxygen atoms in total. The van der Waals surface area contributed by atoms with Crippen LogP contribution in [0.2, 0.25) is 0 Å². The average molecular weight is 469 g/mol. The molecule has 8 saturated carbocycles. The van der Waals surface area contributed by atoms with E-state index in [4.69, 9.17) is 5.11 Å². The SMILES string of the molecule is CC(=CC1C2CC3CC(C2)CC1C3)C(=O)O.CCCC(=CC1C2CC3CC(C2)CC1C3)C(=O)O. The van der Waals surface area contributed by atoms with Crippen LogP contribution < -0.4 is 0 Å². The fraction of sp³-hybridized carbons (Fsp3) is 0.800. The lowest BCUT2D eigenvalue weighted by Crippen LogP contribution is -2.44. The van der Waals surface area contributed by atoms with Gasteiger partial charge in [0.05, 0.1) is 0 Å². The lowest BCUT2D eigenvalue weighted by Gasteiger charge is -2.53.